The maximum absolute atomic E-state index is 9.48. The Bertz CT molecular complexity index is 518. The van der Waals surface area contributed by atoms with Crippen LogP contribution < -0.4 is 0 Å². The molecule has 14 heavy (non-hydrogen) atoms. The SMILES string of the molecule is Oc1ccc(Br)c2c(O)nc(Cl)nc12. The van der Waals surface area contributed by atoms with Gasteiger partial charge in [-0.2, -0.15) is 4.98 Å². The third-order valence-electron chi connectivity index (χ3n) is 1.73. The fourth-order valence-corrected chi connectivity index (χ4v) is 1.80. The molecule has 1 heterocycles. The quantitative estimate of drug-likeness (QED) is 0.725. The smallest absolute Gasteiger partial charge is 0.226 e. The topological polar surface area (TPSA) is 66.2 Å². The van der Waals surface area contributed by atoms with Crippen molar-refractivity contribution in [3.63, 3.8) is 0 Å². The van der Waals surface area contributed by atoms with Crippen molar-refractivity contribution in [2.75, 3.05) is 0 Å². The van der Waals surface area contributed by atoms with Crippen LogP contribution in [0.1, 0.15) is 0 Å². The standard InChI is InChI=1S/C8H4BrClN2O2/c9-3-1-2-4(13)6-5(3)7(14)12-8(10)11-6/h1-2,13H,(H,11,12,14). The number of rotatable bonds is 0. The van der Waals surface area contributed by atoms with E-state index < -0.39 is 0 Å². The molecule has 0 saturated carbocycles. The average molecular weight is 275 g/mol. The largest absolute Gasteiger partial charge is 0.506 e. The molecule has 0 atom stereocenters. The molecule has 0 aliphatic heterocycles. The molecule has 0 unspecified atom stereocenters. The number of nitrogens with zero attached hydrogens (tertiary/aromatic N) is 2. The van der Waals surface area contributed by atoms with Crippen LogP contribution in [0.5, 0.6) is 11.6 Å². The number of fused-ring (bicyclic) bond motifs is 1. The van der Waals surface area contributed by atoms with Crippen LogP contribution in [0.15, 0.2) is 16.6 Å². The van der Waals surface area contributed by atoms with Crippen LogP contribution in [0.2, 0.25) is 5.28 Å². The Morgan fingerprint density at radius 1 is 1.21 bits per heavy atom. The molecule has 0 radical (unpaired) electrons. The van der Waals surface area contributed by atoms with E-state index in [2.05, 4.69) is 25.9 Å². The Morgan fingerprint density at radius 2 is 1.93 bits per heavy atom. The second kappa shape index (κ2) is 3.25. The molecule has 2 aromatic rings. The summed E-state index contributed by atoms with van der Waals surface area (Å²) in [5.74, 6) is -0.314. The lowest BCUT2D eigenvalue weighted by molar-refractivity contribution is 0.456. The summed E-state index contributed by atoms with van der Waals surface area (Å²) in [6.45, 7) is 0. The molecule has 0 spiro atoms. The molecule has 0 amide bonds. The van der Waals surface area contributed by atoms with Crippen LogP contribution in [-0.2, 0) is 0 Å². The van der Waals surface area contributed by atoms with Crippen molar-refractivity contribution in [2.24, 2.45) is 0 Å². The first-order chi connectivity index (χ1) is 6.59. The first-order valence-electron chi connectivity index (χ1n) is 3.63. The van der Waals surface area contributed by atoms with Crippen LogP contribution in [0, 0.1) is 0 Å². The summed E-state index contributed by atoms with van der Waals surface area (Å²) in [5, 5.41) is 19.2. The Labute approximate surface area is 92.3 Å². The van der Waals surface area contributed by atoms with Crippen molar-refractivity contribution in [3.8, 4) is 11.6 Å². The zero-order valence-corrected chi connectivity index (χ0v) is 9.04. The molecule has 1 aromatic carbocycles. The summed E-state index contributed by atoms with van der Waals surface area (Å²) in [5.41, 5.74) is 0.219. The Balaban J connectivity index is 3.00. The van der Waals surface area contributed by atoms with Gasteiger partial charge < -0.3 is 10.2 Å². The molecule has 4 nitrogen and oxygen atoms in total. The Kier molecular flexibility index (Phi) is 2.20. The van der Waals surface area contributed by atoms with Crippen molar-refractivity contribution in [2.45, 2.75) is 0 Å². The van der Waals surface area contributed by atoms with E-state index >= 15 is 0 Å². The van der Waals surface area contributed by atoms with Gasteiger partial charge in [0.25, 0.3) is 0 Å². The summed E-state index contributed by atoms with van der Waals surface area (Å²) in [6.07, 6.45) is 0. The number of hydrogen-bond acceptors (Lipinski definition) is 4. The van der Waals surface area contributed by atoms with E-state index in [1.54, 1.807) is 6.07 Å². The molecule has 0 fully saturated rings. The first kappa shape index (κ1) is 9.48. The lowest BCUT2D eigenvalue weighted by Gasteiger charge is -2.03. The zero-order chi connectivity index (χ0) is 10.3. The average Bonchev–Trinajstić information content (AvgIpc) is 2.10. The number of aromatic hydroxyl groups is 2. The van der Waals surface area contributed by atoms with Crippen LogP contribution in [0.4, 0.5) is 0 Å². The number of aromatic nitrogens is 2. The summed E-state index contributed by atoms with van der Waals surface area (Å²) in [6, 6.07) is 3.05. The van der Waals surface area contributed by atoms with Crippen LogP contribution in [-0.4, -0.2) is 20.2 Å². The molecule has 0 bridgehead atoms. The van der Waals surface area contributed by atoms with E-state index in [9.17, 15) is 10.2 Å². The second-order valence-electron chi connectivity index (χ2n) is 2.61. The predicted octanol–water partition coefficient (Wildman–Crippen LogP) is 2.46. The first-order valence-corrected chi connectivity index (χ1v) is 4.80. The van der Waals surface area contributed by atoms with Crippen molar-refractivity contribution in [1.29, 1.82) is 0 Å². The van der Waals surface area contributed by atoms with E-state index in [-0.39, 0.29) is 22.4 Å². The minimum atomic E-state index is -0.261. The van der Waals surface area contributed by atoms with Crippen LogP contribution >= 0.6 is 27.5 Å². The summed E-state index contributed by atoms with van der Waals surface area (Å²) < 4.78 is 0.597. The predicted molar refractivity (Wildman–Crippen MR) is 55.6 cm³/mol. The van der Waals surface area contributed by atoms with Crippen LogP contribution in [0.25, 0.3) is 10.9 Å². The van der Waals surface area contributed by atoms with E-state index in [1.807, 2.05) is 0 Å². The normalized spacial score (nSPS) is 10.7. The van der Waals surface area contributed by atoms with Gasteiger partial charge in [0.05, 0.1) is 5.39 Å². The highest BCUT2D eigenvalue weighted by atomic mass is 79.9. The third kappa shape index (κ3) is 1.38. The highest BCUT2D eigenvalue weighted by Gasteiger charge is 2.11. The van der Waals surface area contributed by atoms with Gasteiger partial charge in [-0.05, 0) is 39.7 Å². The molecule has 2 rings (SSSR count). The van der Waals surface area contributed by atoms with Gasteiger partial charge >= 0.3 is 0 Å². The minimum absolute atomic E-state index is 0.0530. The maximum Gasteiger partial charge on any atom is 0.226 e. The van der Waals surface area contributed by atoms with Gasteiger partial charge in [0.15, 0.2) is 0 Å². The lowest BCUT2D eigenvalue weighted by Crippen LogP contribution is -1.87. The molecule has 6 heteroatoms. The number of phenols is 1. The third-order valence-corrected chi connectivity index (χ3v) is 2.56. The van der Waals surface area contributed by atoms with Gasteiger partial charge in [-0.15, -0.1) is 0 Å². The Hall–Kier alpha value is -1.07. The van der Waals surface area contributed by atoms with Crippen molar-refractivity contribution in [3.05, 3.63) is 21.9 Å². The van der Waals surface area contributed by atoms with E-state index in [1.165, 1.54) is 6.07 Å². The molecular formula is C8H4BrClN2O2. The van der Waals surface area contributed by atoms with Crippen molar-refractivity contribution >= 4 is 38.4 Å². The molecule has 0 aliphatic rings. The molecule has 1 aromatic heterocycles. The fourth-order valence-electron chi connectivity index (χ4n) is 1.14. The number of phenolic OH excluding ortho intramolecular Hbond substituents is 1. The molecular weight excluding hydrogens is 271 g/mol. The summed E-state index contributed by atoms with van der Waals surface area (Å²) in [4.78, 5) is 7.38. The monoisotopic (exact) mass is 274 g/mol. The number of hydrogen-bond donors (Lipinski definition) is 2. The highest BCUT2D eigenvalue weighted by Crippen LogP contribution is 2.34. The van der Waals surface area contributed by atoms with Gasteiger partial charge in [-0.3, -0.25) is 0 Å². The molecule has 0 saturated heterocycles. The molecule has 2 N–H and O–H groups in total. The highest BCUT2D eigenvalue weighted by molar-refractivity contribution is 9.10. The molecule has 0 aliphatic carbocycles. The van der Waals surface area contributed by atoms with Gasteiger partial charge in [-0.25, -0.2) is 4.98 Å². The van der Waals surface area contributed by atoms with Gasteiger partial charge in [0, 0.05) is 4.47 Å². The maximum atomic E-state index is 9.48. The number of halogens is 2. The van der Waals surface area contributed by atoms with Gasteiger partial charge in [0.2, 0.25) is 11.2 Å². The molecule has 72 valence electrons. The van der Waals surface area contributed by atoms with Gasteiger partial charge in [-0.1, -0.05) is 0 Å². The van der Waals surface area contributed by atoms with Crippen molar-refractivity contribution in [1.82, 2.24) is 9.97 Å². The lowest BCUT2D eigenvalue weighted by atomic mass is 10.2. The minimum Gasteiger partial charge on any atom is -0.506 e. The Morgan fingerprint density at radius 3 is 2.64 bits per heavy atom. The van der Waals surface area contributed by atoms with E-state index in [0.29, 0.717) is 9.86 Å². The summed E-state index contributed by atoms with van der Waals surface area (Å²) in [7, 11) is 0. The second-order valence-corrected chi connectivity index (χ2v) is 3.80. The van der Waals surface area contributed by atoms with Crippen LogP contribution in [0.3, 0.4) is 0 Å². The zero-order valence-electron chi connectivity index (χ0n) is 6.70. The van der Waals surface area contributed by atoms with Crippen molar-refractivity contribution < 1.29 is 10.2 Å². The van der Waals surface area contributed by atoms with E-state index in [0.717, 1.165) is 0 Å². The van der Waals surface area contributed by atoms with E-state index in [4.69, 9.17) is 11.6 Å². The summed E-state index contributed by atoms with van der Waals surface area (Å²) >= 11 is 8.75. The fraction of sp³-hybridized carbons (Fsp3) is 0. The number of benzene rings is 1. The van der Waals surface area contributed by atoms with Gasteiger partial charge in [0.1, 0.15) is 11.3 Å².